The Labute approximate surface area is 155 Å². The minimum Gasteiger partial charge on any atom is -0.494 e. The Morgan fingerprint density at radius 1 is 1.08 bits per heavy atom. The van der Waals surface area contributed by atoms with Gasteiger partial charge in [-0.05, 0) is 43.3 Å². The van der Waals surface area contributed by atoms with Gasteiger partial charge in [-0.25, -0.2) is 0 Å². The Bertz CT molecular complexity index is 869. The number of thioether (sulfide) groups is 1. The van der Waals surface area contributed by atoms with Gasteiger partial charge in [-0.15, -0.1) is 11.8 Å². The standard InChI is InChI=1S/C20H19NO4S/c1-2-24-16-9-7-15(8-10-16)21-20(23)13-26-12-17(22)19-11-14-5-3-4-6-18(14)25-19/h3-11H,2,12-13H2,1H3,(H,21,23). The van der Waals surface area contributed by atoms with E-state index in [1.54, 1.807) is 30.3 Å². The number of ketones is 1. The van der Waals surface area contributed by atoms with Gasteiger partial charge in [-0.1, -0.05) is 18.2 Å². The van der Waals surface area contributed by atoms with Crippen LogP contribution in [0.1, 0.15) is 17.5 Å². The highest BCUT2D eigenvalue weighted by molar-refractivity contribution is 8.00. The number of benzene rings is 2. The van der Waals surface area contributed by atoms with Gasteiger partial charge in [-0.2, -0.15) is 0 Å². The highest BCUT2D eigenvalue weighted by atomic mass is 32.2. The van der Waals surface area contributed by atoms with Gasteiger partial charge in [0, 0.05) is 11.1 Å². The van der Waals surface area contributed by atoms with Gasteiger partial charge < -0.3 is 14.5 Å². The maximum absolute atomic E-state index is 12.2. The molecule has 0 aliphatic heterocycles. The van der Waals surface area contributed by atoms with Crippen LogP contribution in [0.3, 0.4) is 0 Å². The van der Waals surface area contributed by atoms with E-state index in [0.717, 1.165) is 11.1 Å². The fourth-order valence-electron chi connectivity index (χ4n) is 2.43. The van der Waals surface area contributed by atoms with Crippen LogP contribution < -0.4 is 10.1 Å². The van der Waals surface area contributed by atoms with Crippen molar-refractivity contribution < 1.29 is 18.7 Å². The molecule has 0 spiro atoms. The number of carbonyl (C=O) groups is 2. The zero-order chi connectivity index (χ0) is 18.4. The first-order valence-corrected chi connectivity index (χ1v) is 9.43. The van der Waals surface area contributed by atoms with E-state index >= 15 is 0 Å². The maximum Gasteiger partial charge on any atom is 0.234 e. The Hall–Kier alpha value is -2.73. The van der Waals surface area contributed by atoms with Crippen molar-refractivity contribution in [3.8, 4) is 5.75 Å². The monoisotopic (exact) mass is 369 g/mol. The van der Waals surface area contributed by atoms with Crippen LogP contribution in [0.25, 0.3) is 11.0 Å². The van der Waals surface area contributed by atoms with Crippen LogP contribution in [0, 0.1) is 0 Å². The number of carbonyl (C=O) groups excluding carboxylic acids is 2. The lowest BCUT2D eigenvalue weighted by atomic mass is 10.2. The summed E-state index contributed by atoms with van der Waals surface area (Å²) in [5.74, 6) is 1.19. The van der Waals surface area contributed by atoms with Gasteiger partial charge in [0.15, 0.2) is 5.76 Å². The molecular weight excluding hydrogens is 350 g/mol. The lowest BCUT2D eigenvalue weighted by Crippen LogP contribution is -2.15. The quantitative estimate of drug-likeness (QED) is 0.597. The van der Waals surface area contributed by atoms with Gasteiger partial charge in [0.1, 0.15) is 11.3 Å². The molecule has 0 saturated carbocycles. The van der Waals surface area contributed by atoms with E-state index in [1.165, 1.54) is 11.8 Å². The Morgan fingerprint density at radius 3 is 2.58 bits per heavy atom. The molecule has 0 atom stereocenters. The zero-order valence-electron chi connectivity index (χ0n) is 14.4. The molecule has 5 nitrogen and oxygen atoms in total. The van der Waals surface area contributed by atoms with Crippen LogP contribution in [0.2, 0.25) is 0 Å². The third kappa shape index (κ3) is 4.67. The Morgan fingerprint density at radius 2 is 1.85 bits per heavy atom. The minimum atomic E-state index is -0.156. The summed E-state index contributed by atoms with van der Waals surface area (Å²) in [5, 5.41) is 3.69. The van der Waals surface area contributed by atoms with Crippen molar-refractivity contribution in [1.82, 2.24) is 0 Å². The molecule has 1 N–H and O–H groups in total. The molecule has 6 heteroatoms. The SMILES string of the molecule is CCOc1ccc(NC(=O)CSCC(=O)c2cc3ccccc3o2)cc1. The number of fused-ring (bicyclic) bond motifs is 1. The van der Waals surface area contributed by atoms with Crippen LogP contribution in [0.4, 0.5) is 5.69 Å². The van der Waals surface area contributed by atoms with E-state index in [4.69, 9.17) is 9.15 Å². The first-order chi connectivity index (χ1) is 12.7. The average Bonchev–Trinajstić information content (AvgIpc) is 3.08. The molecule has 0 fully saturated rings. The lowest BCUT2D eigenvalue weighted by molar-refractivity contribution is -0.113. The van der Waals surface area contributed by atoms with Gasteiger partial charge in [0.25, 0.3) is 0 Å². The highest BCUT2D eigenvalue weighted by Gasteiger charge is 2.13. The summed E-state index contributed by atoms with van der Waals surface area (Å²) < 4.78 is 10.9. The Balaban J connectivity index is 1.46. The number of Topliss-reactive ketones (excluding diaryl/α,β-unsaturated/α-hetero) is 1. The number of rotatable bonds is 8. The summed E-state index contributed by atoms with van der Waals surface area (Å²) in [6.45, 7) is 2.52. The summed E-state index contributed by atoms with van der Waals surface area (Å²) in [6, 6.07) is 16.4. The minimum absolute atomic E-state index is 0.125. The molecule has 1 heterocycles. The predicted molar refractivity (Wildman–Crippen MR) is 104 cm³/mol. The van der Waals surface area contributed by atoms with Crippen molar-refractivity contribution in [3.05, 3.63) is 60.4 Å². The largest absolute Gasteiger partial charge is 0.494 e. The van der Waals surface area contributed by atoms with E-state index in [2.05, 4.69) is 5.32 Å². The Kier molecular flexibility index (Phi) is 5.96. The molecule has 1 amide bonds. The van der Waals surface area contributed by atoms with Crippen molar-refractivity contribution in [2.45, 2.75) is 6.92 Å². The summed E-state index contributed by atoms with van der Waals surface area (Å²) in [4.78, 5) is 24.2. The molecule has 3 rings (SSSR count). The number of para-hydroxylation sites is 1. The molecule has 3 aromatic rings. The molecule has 0 unspecified atom stereocenters. The molecule has 1 aromatic heterocycles. The molecular formula is C20H19NO4S. The molecule has 0 aliphatic rings. The molecule has 0 saturated heterocycles. The third-order valence-electron chi connectivity index (χ3n) is 3.62. The molecule has 0 bridgehead atoms. The number of hydrogen-bond donors (Lipinski definition) is 1. The van der Waals surface area contributed by atoms with E-state index in [0.29, 0.717) is 23.6 Å². The van der Waals surface area contributed by atoms with Crippen LogP contribution in [0.5, 0.6) is 5.75 Å². The summed E-state index contributed by atoms with van der Waals surface area (Å²) in [6.07, 6.45) is 0. The normalized spacial score (nSPS) is 10.7. The van der Waals surface area contributed by atoms with Crippen LogP contribution in [-0.2, 0) is 4.79 Å². The number of nitrogens with one attached hydrogen (secondary N) is 1. The fraction of sp³-hybridized carbons (Fsp3) is 0.200. The summed E-state index contributed by atoms with van der Waals surface area (Å²) in [7, 11) is 0. The van der Waals surface area contributed by atoms with Crippen molar-refractivity contribution in [2.24, 2.45) is 0 Å². The van der Waals surface area contributed by atoms with Crippen molar-refractivity contribution >= 4 is 40.1 Å². The van der Waals surface area contributed by atoms with Crippen LogP contribution >= 0.6 is 11.8 Å². The second-order valence-electron chi connectivity index (χ2n) is 5.57. The number of furan rings is 1. The second-order valence-corrected chi connectivity index (χ2v) is 6.56. The van der Waals surface area contributed by atoms with Gasteiger partial charge in [0.05, 0.1) is 18.1 Å². The van der Waals surface area contributed by atoms with E-state index < -0.39 is 0 Å². The van der Waals surface area contributed by atoms with Gasteiger partial charge >= 0.3 is 0 Å². The molecule has 0 radical (unpaired) electrons. The summed E-state index contributed by atoms with van der Waals surface area (Å²) >= 11 is 1.26. The van der Waals surface area contributed by atoms with Gasteiger partial charge in [-0.3, -0.25) is 9.59 Å². The van der Waals surface area contributed by atoms with Crippen LogP contribution in [0.15, 0.2) is 59.0 Å². The van der Waals surface area contributed by atoms with E-state index in [-0.39, 0.29) is 23.2 Å². The van der Waals surface area contributed by atoms with Crippen molar-refractivity contribution in [1.29, 1.82) is 0 Å². The van der Waals surface area contributed by atoms with Crippen LogP contribution in [-0.4, -0.2) is 29.8 Å². The lowest BCUT2D eigenvalue weighted by Gasteiger charge is -2.06. The smallest absolute Gasteiger partial charge is 0.234 e. The van der Waals surface area contributed by atoms with Gasteiger partial charge in [0.2, 0.25) is 11.7 Å². The number of hydrogen-bond acceptors (Lipinski definition) is 5. The molecule has 0 aliphatic carbocycles. The van der Waals surface area contributed by atoms with E-state index in [9.17, 15) is 9.59 Å². The zero-order valence-corrected chi connectivity index (χ0v) is 15.2. The second kappa shape index (κ2) is 8.58. The topological polar surface area (TPSA) is 68.5 Å². The third-order valence-corrected chi connectivity index (χ3v) is 4.55. The van der Waals surface area contributed by atoms with E-state index in [1.807, 2.05) is 31.2 Å². The first-order valence-electron chi connectivity index (χ1n) is 8.28. The molecule has 26 heavy (non-hydrogen) atoms. The highest BCUT2D eigenvalue weighted by Crippen LogP contribution is 2.20. The molecule has 134 valence electrons. The fourth-order valence-corrected chi connectivity index (χ4v) is 3.11. The molecule has 2 aromatic carbocycles. The van der Waals surface area contributed by atoms with Crippen molar-refractivity contribution in [3.63, 3.8) is 0 Å². The average molecular weight is 369 g/mol. The summed E-state index contributed by atoms with van der Waals surface area (Å²) in [5.41, 5.74) is 1.39. The maximum atomic E-state index is 12.2. The van der Waals surface area contributed by atoms with Crippen molar-refractivity contribution in [2.75, 3.05) is 23.4 Å². The number of amides is 1. The predicted octanol–water partition coefficient (Wildman–Crippen LogP) is 4.39. The first kappa shape index (κ1) is 18.1. The number of anilines is 1. The number of ether oxygens (including phenoxy) is 1.